The minimum absolute atomic E-state index is 0.115. The van der Waals surface area contributed by atoms with Crippen LogP contribution in [0.2, 0.25) is 0 Å². The molecule has 0 aliphatic rings. The van der Waals surface area contributed by atoms with Crippen LogP contribution in [0.1, 0.15) is 36.2 Å². The number of carbonyl (C=O) groups excluding carboxylic acids is 1. The van der Waals surface area contributed by atoms with E-state index in [-0.39, 0.29) is 5.56 Å². The molecule has 0 saturated heterocycles. The van der Waals surface area contributed by atoms with Crippen LogP contribution in [0.4, 0.5) is 17.6 Å². The Morgan fingerprint density at radius 3 is 2.27 bits per heavy atom. The maximum absolute atomic E-state index is 14.1. The fourth-order valence-corrected chi connectivity index (χ4v) is 2.19. The fraction of sp³-hybridized carbons (Fsp3) is 0.211. The van der Waals surface area contributed by atoms with E-state index in [4.69, 9.17) is 4.74 Å². The highest BCUT2D eigenvalue weighted by molar-refractivity contribution is 5.91. The van der Waals surface area contributed by atoms with Gasteiger partial charge in [-0.1, -0.05) is 25.5 Å². The Kier molecular flexibility index (Phi) is 6.38. The average molecular weight is 368 g/mol. The molecule has 2 aromatic carbocycles. The zero-order valence-electron chi connectivity index (χ0n) is 14.1. The number of esters is 1. The van der Waals surface area contributed by atoms with Gasteiger partial charge in [-0.15, -0.1) is 0 Å². The van der Waals surface area contributed by atoms with Crippen LogP contribution in [0.25, 0.3) is 0 Å². The summed E-state index contributed by atoms with van der Waals surface area (Å²) in [5.74, 6) is -7.94. The standard InChI is InChI=1S/C19H16F4O3/c1-3-5-11-6-7-12(16(21)15(11)20)19(24)26-14-9-8-13(25-10-4-2)17(22)18(14)23/h4,6-10H,3,5H2,1-2H3. The first-order chi connectivity index (χ1) is 12.4. The van der Waals surface area contributed by atoms with Crippen LogP contribution in [0.15, 0.2) is 36.6 Å². The molecule has 0 spiro atoms. The van der Waals surface area contributed by atoms with Crippen LogP contribution in [0, 0.1) is 23.3 Å². The molecule has 0 aromatic heterocycles. The second-order valence-corrected chi connectivity index (χ2v) is 5.32. The molecule has 0 radical (unpaired) electrons. The minimum Gasteiger partial charge on any atom is -0.462 e. The number of allylic oxidation sites excluding steroid dienone is 1. The van der Waals surface area contributed by atoms with Crippen molar-refractivity contribution in [2.24, 2.45) is 0 Å². The topological polar surface area (TPSA) is 35.5 Å². The van der Waals surface area contributed by atoms with Gasteiger partial charge in [0, 0.05) is 0 Å². The van der Waals surface area contributed by atoms with Crippen molar-refractivity contribution in [1.82, 2.24) is 0 Å². The summed E-state index contributed by atoms with van der Waals surface area (Å²) in [7, 11) is 0. The van der Waals surface area contributed by atoms with Crippen molar-refractivity contribution in [2.45, 2.75) is 26.7 Å². The molecule has 0 aliphatic carbocycles. The lowest BCUT2D eigenvalue weighted by atomic mass is 10.1. The summed E-state index contributed by atoms with van der Waals surface area (Å²) in [6.45, 7) is 3.41. The molecule has 0 saturated carbocycles. The molecule has 0 amide bonds. The Morgan fingerprint density at radius 1 is 0.962 bits per heavy atom. The van der Waals surface area contributed by atoms with E-state index < -0.39 is 46.3 Å². The highest BCUT2D eigenvalue weighted by Crippen LogP contribution is 2.29. The van der Waals surface area contributed by atoms with E-state index in [9.17, 15) is 22.4 Å². The molecule has 7 heteroatoms. The van der Waals surface area contributed by atoms with Crippen LogP contribution in [-0.4, -0.2) is 5.97 Å². The Labute approximate surface area is 147 Å². The molecule has 2 rings (SSSR count). The Morgan fingerprint density at radius 2 is 1.62 bits per heavy atom. The van der Waals surface area contributed by atoms with Gasteiger partial charge >= 0.3 is 5.97 Å². The smallest absolute Gasteiger partial charge is 0.346 e. The van der Waals surface area contributed by atoms with Crippen LogP contribution in [0.5, 0.6) is 11.5 Å². The molecule has 0 fully saturated rings. The third-order valence-electron chi connectivity index (χ3n) is 3.45. The Hall–Kier alpha value is -2.83. The fourth-order valence-electron chi connectivity index (χ4n) is 2.19. The molecular formula is C19H16F4O3. The summed E-state index contributed by atoms with van der Waals surface area (Å²) in [6, 6.07) is 4.30. The van der Waals surface area contributed by atoms with Crippen LogP contribution in [-0.2, 0) is 6.42 Å². The van der Waals surface area contributed by atoms with Crippen LogP contribution < -0.4 is 9.47 Å². The van der Waals surface area contributed by atoms with Crippen molar-refractivity contribution in [3.05, 3.63) is 71.0 Å². The van der Waals surface area contributed by atoms with Gasteiger partial charge in [0.15, 0.2) is 23.1 Å². The van der Waals surface area contributed by atoms with Crippen molar-refractivity contribution in [3.8, 4) is 11.5 Å². The minimum atomic E-state index is -1.48. The lowest BCUT2D eigenvalue weighted by Gasteiger charge is -2.10. The molecule has 3 nitrogen and oxygen atoms in total. The summed E-state index contributed by atoms with van der Waals surface area (Å²) in [6.07, 6.45) is 3.49. The van der Waals surface area contributed by atoms with E-state index in [1.165, 1.54) is 12.1 Å². The third kappa shape index (κ3) is 4.04. The zero-order valence-corrected chi connectivity index (χ0v) is 14.1. The zero-order chi connectivity index (χ0) is 19.3. The number of carbonyl (C=O) groups is 1. The monoisotopic (exact) mass is 368 g/mol. The second kappa shape index (κ2) is 8.51. The SMILES string of the molecule is CC=COc1ccc(OC(=O)c2ccc(CCC)c(F)c2F)c(F)c1F. The van der Waals surface area contributed by atoms with Gasteiger partial charge in [0.1, 0.15) is 0 Å². The van der Waals surface area contributed by atoms with Gasteiger partial charge in [0.2, 0.25) is 11.6 Å². The van der Waals surface area contributed by atoms with Crippen LogP contribution >= 0.6 is 0 Å². The summed E-state index contributed by atoms with van der Waals surface area (Å²) in [4.78, 5) is 12.0. The number of benzene rings is 2. The molecule has 26 heavy (non-hydrogen) atoms. The predicted molar refractivity (Wildman–Crippen MR) is 87.1 cm³/mol. The van der Waals surface area contributed by atoms with E-state index in [1.54, 1.807) is 13.8 Å². The van der Waals surface area contributed by atoms with Crippen LogP contribution in [0.3, 0.4) is 0 Å². The van der Waals surface area contributed by atoms with Crippen molar-refractivity contribution >= 4 is 5.97 Å². The lowest BCUT2D eigenvalue weighted by molar-refractivity contribution is 0.0720. The molecule has 0 bridgehead atoms. The maximum Gasteiger partial charge on any atom is 0.346 e. The summed E-state index contributed by atoms with van der Waals surface area (Å²) in [5, 5.41) is 0. The molecular weight excluding hydrogens is 352 g/mol. The van der Waals surface area contributed by atoms with Crippen molar-refractivity contribution < 1.29 is 31.8 Å². The first-order valence-electron chi connectivity index (χ1n) is 7.85. The van der Waals surface area contributed by atoms with Crippen molar-refractivity contribution in [1.29, 1.82) is 0 Å². The number of rotatable bonds is 6. The van der Waals surface area contributed by atoms with Gasteiger partial charge < -0.3 is 9.47 Å². The predicted octanol–water partition coefficient (Wildman–Crippen LogP) is 5.33. The van der Waals surface area contributed by atoms with Gasteiger partial charge in [0.05, 0.1) is 11.8 Å². The molecule has 138 valence electrons. The number of aryl methyl sites for hydroxylation is 1. The number of hydrogen-bond donors (Lipinski definition) is 0. The van der Waals surface area contributed by atoms with E-state index >= 15 is 0 Å². The van der Waals surface area contributed by atoms with E-state index in [2.05, 4.69) is 4.74 Å². The van der Waals surface area contributed by atoms with E-state index in [0.29, 0.717) is 12.8 Å². The van der Waals surface area contributed by atoms with E-state index in [0.717, 1.165) is 24.5 Å². The molecule has 0 heterocycles. The normalized spacial score (nSPS) is 11.0. The second-order valence-electron chi connectivity index (χ2n) is 5.32. The molecule has 0 aliphatic heterocycles. The Balaban J connectivity index is 2.28. The lowest BCUT2D eigenvalue weighted by Crippen LogP contribution is -2.14. The summed E-state index contributed by atoms with van der Waals surface area (Å²) >= 11 is 0. The number of halogens is 4. The molecule has 0 unspecified atom stereocenters. The summed E-state index contributed by atoms with van der Waals surface area (Å²) in [5.41, 5.74) is -0.597. The first kappa shape index (κ1) is 19.5. The largest absolute Gasteiger partial charge is 0.462 e. The quantitative estimate of drug-likeness (QED) is 0.299. The molecule has 0 atom stereocenters. The number of hydrogen-bond acceptors (Lipinski definition) is 3. The van der Waals surface area contributed by atoms with Crippen molar-refractivity contribution in [3.63, 3.8) is 0 Å². The van der Waals surface area contributed by atoms with Gasteiger partial charge in [-0.3, -0.25) is 0 Å². The molecule has 0 N–H and O–H groups in total. The first-order valence-corrected chi connectivity index (χ1v) is 7.85. The highest BCUT2D eigenvalue weighted by Gasteiger charge is 2.23. The van der Waals surface area contributed by atoms with Gasteiger partial charge in [0.25, 0.3) is 0 Å². The highest BCUT2D eigenvalue weighted by atomic mass is 19.2. The summed E-state index contributed by atoms with van der Waals surface area (Å²) < 4.78 is 65.3. The molecule has 2 aromatic rings. The van der Waals surface area contributed by atoms with Gasteiger partial charge in [-0.2, -0.15) is 8.78 Å². The number of ether oxygens (including phenoxy) is 2. The maximum atomic E-state index is 14.1. The van der Waals surface area contributed by atoms with Gasteiger partial charge in [-0.05, 0) is 37.1 Å². The Bertz CT molecular complexity index is 847. The van der Waals surface area contributed by atoms with Gasteiger partial charge in [-0.25, -0.2) is 13.6 Å². The third-order valence-corrected chi connectivity index (χ3v) is 3.45. The van der Waals surface area contributed by atoms with E-state index in [1.807, 2.05) is 0 Å². The average Bonchev–Trinajstić information content (AvgIpc) is 2.62. The van der Waals surface area contributed by atoms with Crippen molar-refractivity contribution in [2.75, 3.05) is 0 Å².